The van der Waals surface area contributed by atoms with Gasteiger partial charge in [0, 0.05) is 0 Å². The highest BCUT2D eigenvalue weighted by molar-refractivity contribution is 6.43. The maximum atomic E-state index is 6.12. The molecule has 1 aliphatic heterocycles. The average molecular weight is 208 g/mol. The summed E-state index contributed by atoms with van der Waals surface area (Å²) in [5.74, 6) is 1.49. The van der Waals surface area contributed by atoms with Crippen LogP contribution < -0.4 is 0 Å². The third-order valence-corrected chi connectivity index (χ3v) is 5.66. The Morgan fingerprint density at radius 1 is 1.13 bits per heavy atom. The van der Waals surface area contributed by atoms with Crippen molar-refractivity contribution in [1.29, 1.82) is 0 Å². The van der Waals surface area contributed by atoms with Gasteiger partial charge in [0.05, 0.1) is 11.2 Å². The fourth-order valence-electron chi connectivity index (χ4n) is 4.45. The highest BCUT2D eigenvalue weighted by Gasteiger charge is 2.71. The van der Waals surface area contributed by atoms with Crippen LogP contribution in [0.1, 0.15) is 40.5 Å². The molecule has 0 aromatic heterocycles. The lowest BCUT2D eigenvalue weighted by atomic mass is 9.41. The molecule has 4 rings (SSSR count). The van der Waals surface area contributed by atoms with Crippen molar-refractivity contribution < 1.29 is 9.31 Å². The van der Waals surface area contributed by atoms with Gasteiger partial charge in [-0.25, -0.2) is 0 Å². The van der Waals surface area contributed by atoms with Crippen LogP contribution in [0.4, 0.5) is 0 Å². The molecule has 4 aliphatic rings. The monoisotopic (exact) mass is 208 g/mol. The minimum atomic E-state index is -0.0648. The minimum absolute atomic E-state index is 0.0323. The Bertz CT molecular complexity index is 317. The van der Waals surface area contributed by atoms with Crippen molar-refractivity contribution in [2.24, 2.45) is 17.3 Å². The van der Waals surface area contributed by atoms with Crippen molar-refractivity contribution in [3.63, 3.8) is 0 Å². The lowest BCUT2D eigenvalue weighted by Crippen LogP contribution is -2.70. The Balaban J connectivity index is 2.02. The van der Waals surface area contributed by atoms with Gasteiger partial charge in [-0.2, -0.15) is 0 Å². The van der Waals surface area contributed by atoms with Crippen molar-refractivity contribution in [1.82, 2.24) is 0 Å². The van der Waals surface area contributed by atoms with E-state index in [-0.39, 0.29) is 18.3 Å². The Labute approximate surface area is 92.9 Å². The van der Waals surface area contributed by atoms with E-state index in [0.717, 1.165) is 12.3 Å². The van der Waals surface area contributed by atoms with Crippen LogP contribution in [0.25, 0.3) is 0 Å². The molecule has 0 amide bonds. The zero-order valence-electron chi connectivity index (χ0n) is 10.5. The van der Waals surface area contributed by atoms with E-state index in [9.17, 15) is 0 Å². The summed E-state index contributed by atoms with van der Waals surface area (Å²) in [4.78, 5) is 0. The lowest BCUT2D eigenvalue weighted by molar-refractivity contribution is -0.234. The third kappa shape index (κ3) is 0.950. The molecule has 0 spiro atoms. The van der Waals surface area contributed by atoms with E-state index in [1.807, 2.05) is 6.82 Å². The van der Waals surface area contributed by atoms with E-state index in [4.69, 9.17) is 9.31 Å². The first kappa shape index (κ1) is 10.2. The highest BCUT2D eigenvalue weighted by Crippen LogP contribution is 2.68. The van der Waals surface area contributed by atoms with Crippen LogP contribution in [-0.4, -0.2) is 18.3 Å². The molecule has 1 heterocycles. The molecule has 2 nitrogen and oxygen atoms in total. The molecule has 3 saturated carbocycles. The topological polar surface area (TPSA) is 18.5 Å². The first-order valence-corrected chi connectivity index (χ1v) is 6.15. The van der Waals surface area contributed by atoms with Crippen LogP contribution in [0.3, 0.4) is 0 Å². The van der Waals surface area contributed by atoms with Gasteiger partial charge in [0.25, 0.3) is 0 Å². The average Bonchev–Trinajstić information content (AvgIpc) is 2.32. The molecule has 3 heteroatoms. The summed E-state index contributed by atoms with van der Waals surface area (Å²) in [6.07, 6.45) is 2.49. The van der Waals surface area contributed by atoms with Crippen molar-refractivity contribution in [2.75, 3.05) is 0 Å². The molecule has 3 aliphatic carbocycles. The number of hydrogen-bond acceptors (Lipinski definition) is 2. The Kier molecular flexibility index (Phi) is 1.66. The zero-order valence-corrected chi connectivity index (χ0v) is 10.5. The molecule has 0 aromatic rings. The van der Waals surface area contributed by atoms with Gasteiger partial charge >= 0.3 is 7.12 Å². The minimum Gasteiger partial charge on any atom is -0.403 e. The van der Waals surface area contributed by atoms with Crippen LogP contribution in [0.5, 0.6) is 0 Å². The first-order valence-electron chi connectivity index (χ1n) is 6.15. The molecule has 0 aromatic carbocycles. The normalized spacial score (nSPS) is 56.2. The summed E-state index contributed by atoms with van der Waals surface area (Å²) in [5, 5.41) is 0. The second kappa shape index (κ2) is 2.46. The smallest absolute Gasteiger partial charge is 0.403 e. The van der Waals surface area contributed by atoms with Gasteiger partial charge in [-0.3, -0.25) is 0 Å². The standard InChI is InChI=1S/C12H21BO2/c1-10(2)8-6-9(10)12(4)11(3,7-8)14-13(5)15-12/h8-9H,6-7H2,1-5H3/t8?,9-,11?,12?/m0/s1. The van der Waals surface area contributed by atoms with Gasteiger partial charge in [0.15, 0.2) is 0 Å². The van der Waals surface area contributed by atoms with E-state index >= 15 is 0 Å². The highest BCUT2D eigenvalue weighted by atomic mass is 16.7. The SMILES string of the molecule is CB1OC2(C)CC3C[C@@H](C3(C)C)C2(C)O1. The summed E-state index contributed by atoms with van der Waals surface area (Å²) in [6.45, 7) is 11.3. The fourth-order valence-corrected chi connectivity index (χ4v) is 4.45. The van der Waals surface area contributed by atoms with Crippen molar-refractivity contribution >= 4 is 7.12 Å². The molecule has 3 unspecified atom stereocenters. The van der Waals surface area contributed by atoms with Gasteiger partial charge in [-0.05, 0) is 50.8 Å². The zero-order chi connectivity index (χ0) is 11.1. The molecule has 15 heavy (non-hydrogen) atoms. The van der Waals surface area contributed by atoms with Crippen molar-refractivity contribution in [3.8, 4) is 0 Å². The van der Waals surface area contributed by atoms with Crippen molar-refractivity contribution in [3.05, 3.63) is 0 Å². The van der Waals surface area contributed by atoms with E-state index in [1.165, 1.54) is 6.42 Å². The van der Waals surface area contributed by atoms with E-state index < -0.39 is 0 Å². The van der Waals surface area contributed by atoms with E-state index in [1.54, 1.807) is 0 Å². The van der Waals surface area contributed by atoms with E-state index in [2.05, 4.69) is 27.7 Å². The van der Waals surface area contributed by atoms with Gasteiger partial charge in [0.2, 0.25) is 0 Å². The maximum absolute atomic E-state index is 6.12. The Hall–Kier alpha value is -0.0151. The van der Waals surface area contributed by atoms with Gasteiger partial charge < -0.3 is 9.31 Å². The predicted molar refractivity (Wildman–Crippen MR) is 60.6 cm³/mol. The van der Waals surface area contributed by atoms with Gasteiger partial charge in [0.1, 0.15) is 0 Å². The second-order valence-corrected chi connectivity index (χ2v) is 6.65. The van der Waals surface area contributed by atoms with Crippen LogP contribution in [0.2, 0.25) is 6.82 Å². The number of rotatable bonds is 0. The molecule has 0 N–H and O–H groups in total. The van der Waals surface area contributed by atoms with Crippen molar-refractivity contribution in [2.45, 2.75) is 58.6 Å². The molecule has 0 radical (unpaired) electrons. The van der Waals surface area contributed by atoms with E-state index in [0.29, 0.717) is 11.3 Å². The lowest BCUT2D eigenvalue weighted by Gasteiger charge is -2.67. The molecule has 4 fully saturated rings. The third-order valence-electron chi connectivity index (χ3n) is 5.66. The van der Waals surface area contributed by atoms with Crippen LogP contribution in [-0.2, 0) is 9.31 Å². The second-order valence-electron chi connectivity index (χ2n) is 6.65. The predicted octanol–water partition coefficient (Wildman–Crippen LogP) is 2.73. The Morgan fingerprint density at radius 2 is 1.80 bits per heavy atom. The molecular formula is C12H21BO2. The summed E-state index contributed by atoms with van der Waals surface area (Å²) in [7, 11) is -0.0323. The largest absolute Gasteiger partial charge is 0.454 e. The van der Waals surface area contributed by atoms with Crippen LogP contribution in [0.15, 0.2) is 0 Å². The Morgan fingerprint density at radius 3 is 2.40 bits per heavy atom. The number of hydrogen-bond donors (Lipinski definition) is 0. The summed E-state index contributed by atoms with van der Waals surface area (Å²) in [6, 6.07) is 0. The summed E-state index contributed by atoms with van der Waals surface area (Å²) < 4.78 is 12.1. The fraction of sp³-hybridized carbons (Fsp3) is 1.00. The molecule has 84 valence electrons. The summed E-state index contributed by atoms with van der Waals surface area (Å²) in [5.41, 5.74) is 0.335. The first-order chi connectivity index (χ1) is 6.80. The maximum Gasteiger partial charge on any atom is 0.454 e. The van der Waals surface area contributed by atoms with Gasteiger partial charge in [-0.1, -0.05) is 13.8 Å². The molecule has 2 bridgehead atoms. The molecular weight excluding hydrogens is 187 g/mol. The summed E-state index contributed by atoms with van der Waals surface area (Å²) >= 11 is 0. The van der Waals surface area contributed by atoms with Crippen LogP contribution >= 0.6 is 0 Å². The molecule has 1 saturated heterocycles. The molecule has 4 atom stereocenters. The van der Waals surface area contributed by atoms with Gasteiger partial charge in [-0.15, -0.1) is 0 Å². The van der Waals surface area contributed by atoms with Crippen LogP contribution in [0, 0.1) is 17.3 Å². The quantitative estimate of drug-likeness (QED) is 0.570.